The summed E-state index contributed by atoms with van der Waals surface area (Å²) in [6.07, 6.45) is -0.123. The van der Waals surface area contributed by atoms with Crippen molar-refractivity contribution in [3.63, 3.8) is 0 Å². The van der Waals surface area contributed by atoms with Crippen LogP contribution in [0.15, 0.2) is 48.5 Å². The first-order chi connectivity index (χ1) is 13.1. The van der Waals surface area contributed by atoms with Crippen molar-refractivity contribution in [3.8, 4) is 10.6 Å². The Labute approximate surface area is 173 Å². The number of hydrogen-bond acceptors (Lipinski definition) is 5. The average Bonchev–Trinajstić information content (AvgIpc) is 3.33. The number of amides is 1. The summed E-state index contributed by atoms with van der Waals surface area (Å²) in [5, 5.41) is 24.1. The summed E-state index contributed by atoms with van der Waals surface area (Å²) < 4.78 is 0. The molecule has 0 spiro atoms. The standard InChI is InChI=1S/C20H22N4O2S.ClH/c1-13-7-8-17(27-13)15-11-16(24-23-15)19(26)22-20(9-10-21-12-18(20)25)14-5-3-2-4-6-14;/h2-8,11,18,21,25H,9-10,12H2,1H3,(H,22,26)(H,23,24);1H/t18-,20-;/m1./s1. The fourth-order valence-electron chi connectivity index (χ4n) is 3.57. The molecule has 0 bridgehead atoms. The number of carbonyl (C=O) groups excluding carboxylic acids is 1. The fourth-order valence-corrected chi connectivity index (χ4v) is 4.40. The molecule has 0 saturated carbocycles. The Kier molecular flexibility index (Phi) is 6.20. The van der Waals surface area contributed by atoms with Crippen molar-refractivity contribution in [1.29, 1.82) is 0 Å². The molecule has 1 saturated heterocycles. The molecule has 28 heavy (non-hydrogen) atoms. The Morgan fingerprint density at radius 1 is 1.29 bits per heavy atom. The molecule has 2 atom stereocenters. The van der Waals surface area contributed by atoms with E-state index in [-0.39, 0.29) is 18.3 Å². The van der Waals surface area contributed by atoms with Crippen molar-refractivity contribution >= 4 is 29.7 Å². The number of nitrogens with zero attached hydrogens (tertiary/aromatic N) is 1. The molecular formula is C20H23ClN4O2S. The summed E-state index contributed by atoms with van der Waals surface area (Å²) in [6.45, 7) is 3.18. The Morgan fingerprint density at radius 2 is 2.07 bits per heavy atom. The molecule has 1 amide bonds. The van der Waals surface area contributed by atoms with Gasteiger partial charge in [-0.05, 0) is 43.7 Å². The second-order valence-electron chi connectivity index (χ2n) is 6.84. The van der Waals surface area contributed by atoms with E-state index in [2.05, 4.69) is 20.8 Å². The first-order valence-electron chi connectivity index (χ1n) is 8.97. The maximum atomic E-state index is 13.0. The molecule has 4 N–H and O–H groups in total. The maximum Gasteiger partial charge on any atom is 0.272 e. The van der Waals surface area contributed by atoms with Crippen molar-refractivity contribution < 1.29 is 9.90 Å². The highest BCUT2D eigenvalue weighted by Gasteiger charge is 2.43. The Hall–Kier alpha value is -2.19. The van der Waals surface area contributed by atoms with Gasteiger partial charge in [-0.25, -0.2) is 0 Å². The number of hydrogen-bond donors (Lipinski definition) is 4. The largest absolute Gasteiger partial charge is 0.389 e. The van der Waals surface area contributed by atoms with Crippen LogP contribution in [0.5, 0.6) is 0 Å². The van der Waals surface area contributed by atoms with Gasteiger partial charge in [0.25, 0.3) is 5.91 Å². The number of aromatic nitrogens is 2. The van der Waals surface area contributed by atoms with Crippen LogP contribution in [0, 0.1) is 6.92 Å². The number of carbonyl (C=O) groups is 1. The minimum Gasteiger partial charge on any atom is -0.389 e. The lowest BCUT2D eigenvalue weighted by atomic mass is 9.79. The second kappa shape index (κ2) is 8.45. The molecule has 0 radical (unpaired) electrons. The average molecular weight is 419 g/mol. The number of thiophene rings is 1. The third-order valence-electron chi connectivity index (χ3n) is 5.04. The highest BCUT2D eigenvalue weighted by atomic mass is 35.5. The van der Waals surface area contributed by atoms with Crippen LogP contribution in [-0.4, -0.2) is 40.4 Å². The maximum absolute atomic E-state index is 13.0. The van der Waals surface area contributed by atoms with Crippen LogP contribution in [0.25, 0.3) is 10.6 Å². The number of aromatic amines is 1. The SMILES string of the molecule is Cc1ccc(-c2cc(C(=O)N[C@@]3(c4ccccc4)CCNC[C@H]3O)n[nH]2)s1.Cl. The summed E-state index contributed by atoms with van der Waals surface area (Å²) in [5.41, 5.74) is 1.20. The first kappa shape index (κ1) is 20.5. The summed E-state index contributed by atoms with van der Waals surface area (Å²) >= 11 is 1.65. The summed E-state index contributed by atoms with van der Waals surface area (Å²) in [4.78, 5) is 15.2. The van der Waals surface area contributed by atoms with E-state index in [0.29, 0.717) is 25.2 Å². The van der Waals surface area contributed by atoms with E-state index >= 15 is 0 Å². The molecule has 3 heterocycles. The molecule has 1 aromatic carbocycles. The van der Waals surface area contributed by atoms with Crippen molar-refractivity contribution in [2.75, 3.05) is 13.1 Å². The van der Waals surface area contributed by atoms with Crippen molar-refractivity contribution in [3.05, 3.63) is 64.7 Å². The molecule has 2 aromatic heterocycles. The van der Waals surface area contributed by atoms with Crippen LogP contribution in [0.1, 0.15) is 27.3 Å². The smallest absolute Gasteiger partial charge is 0.272 e. The fraction of sp³-hybridized carbons (Fsp3) is 0.300. The van der Waals surface area contributed by atoms with Crippen molar-refractivity contribution in [2.24, 2.45) is 0 Å². The van der Waals surface area contributed by atoms with E-state index in [1.54, 1.807) is 17.4 Å². The van der Waals surface area contributed by atoms with E-state index in [0.717, 1.165) is 16.1 Å². The second-order valence-corrected chi connectivity index (χ2v) is 8.13. The molecular weight excluding hydrogens is 396 g/mol. The van der Waals surface area contributed by atoms with Crippen LogP contribution < -0.4 is 10.6 Å². The summed E-state index contributed by atoms with van der Waals surface area (Å²) in [7, 11) is 0. The molecule has 0 unspecified atom stereocenters. The number of aliphatic hydroxyl groups is 1. The van der Waals surface area contributed by atoms with Gasteiger partial charge in [0.15, 0.2) is 5.69 Å². The van der Waals surface area contributed by atoms with Crippen LogP contribution >= 0.6 is 23.7 Å². The molecule has 1 fully saturated rings. The van der Waals surface area contributed by atoms with Crippen LogP contribution in [0.2, 0.25) is 0 Å². The van der Waals surface area contributed by atoms with E-state index in [4.69, 9.17) is 0 Å². The number of halogens is 1. The van der Waals surface area contributed by atoms with Gasteiger partial charge >= 0.3 is 0 Å². The van der Waals surface area contributed by atoms with Gasteiger partial charge in [0.05, 0.1) is 22.2 Å². The third-order valence-corrected chi connectivity index (χ3v) is 6.08. The van der Waals surface area contributed by atoms with Gasteiger partial charge in [-0.15, -0.1) is 23.7 Å². The topological polar surface area (TPSA) is 90.0 Å². The number of nitrogens with one attached hydrogen (secondary N) is 3. The summed E-state index contributed by atoms with van der Waals surface area (Å²) in [5.74, 6) is -0.296. The lowest BCUT2D eigenvalue weighted by molar-refractivity contribution is 0.0288. The quantitative estimate of drug-likeness (QED) is 0.524. The predicted octanol–water partition coefficient (Wildman–Crippen LogP) is 2.85. The normalized spacial score (nSPS) is 21.7. The lowest BCUT2D eigenvalue weighted by Crippen LogP contribution is -2.61. The van der Waals surface area contributed by atoms with Gasteiger partial charge < -0.3 is 15.7 Å². The molecule has 8 heteroatoms. The zero-order valence-electron chi connectivity index (χ0n) is 15.4. The Morgan fingerprint density at radius 3 is 2.75 bits per heavy atom. The lowest BCUT2D eigenvalue weighted by Gasteiger charge is -2.42. The monoisotopic (exact) mass is 418 g/mol. The number of piperidine rings is 1. The van der Waals surface area contributed by atoms with Gasteiger partial charge in [-0.2, -0.15) is 5.10 Å². The molecule has 6 nitrogen and oxygen atoms in total. The minimum atomic E-state index is -0.831. The molecule has 3 aromatic rings. The zero-order valence-corrected chi connectivity index (χ0v) is 17.1. The van der Waals surface area contributed by atoms with Crippen LogP contribution in [0.4, 0.5) is 0 Å². The Bertz CT molecular complexity index is 943. The Balaban J connectivity index is 0.00000225. The highest BCUT2D eigenvalue weighted by Crippen LogP contribution is 2.32. The van der Waals surface area contributed by atoms with Crippen LogP contribution in [0.3, 0.4) is 0 Å². The van der Waals surface area contributed by atoms with Crippen molar-refractivity contribution in [2.45, 2.75) is 25.0 Å². The van der Waals surface area contributed by atoms with E-state index in [1.807, 2.05) is 49.4 Å². The summed E-state index contributed by atoms with van der Waals surface area (Å²) in [6, 6.07) is 15.5. The van der Waals surface area contributed by atoms with Gasteiger partial charge in [-0.1, -0.05) is 30.3 Å². The number of aryl methyl sites for hydroxylation is 1. The molecule has 1 aliphatic rings. The van der Waals surface area contributed by atoms with Crippen LogP contribution in [-0.2, 0) is 5.54 Å². The van der Waals surface area contributed by atoms with E-state index in [9.17, 15) is 9.90 Å². The third kappa shape index (κ3) is 3.84. The highest BCUT2D eigenvalue weighted by molar-refractivity contribution is 7.15. The molecule has 1 aliphatic heterocycles. The number of H-pyrrole nitrogens is 1. The zero-order chi connectivity index (χ0) is 18.9. The van der Waals surface area contributed by atoms with Crippen molar-refractivity contribution in [1.82, 2.24) is 20.8 Å². The van der Waals surface area contributed by atoms with Gasteiger partial charge in [0.2, 0.25) is 0 Å². The minimum absolute atomic E-state index is 0. The number of aliphatic hydroxyl groups excluding tert-OH is 1. The van der Waals surface area contributed by atoms with Gasteiger partial charge in [-0.3, -0.25) is 9.89 Å². The van der Waals surface area contributed by atoms with Gasteiger partial charge in [0.1, 0.15) is 0 Å². The first-order valence-corrected chi connectivity index (χ1v) is 9.79. The number of rotatable bonds is 4. The van der Waals surface area contributed by atoms with Gasteiger partial charge in [0, 0.05) is 11.4 Å². The number of β-amino-alcohol motifs (C(OH)–C–C–N with tert-alkyl or cyclic N) is 1. The number of benzene rings is 1. The molecule has 148 valence electrons. The molecule has 4 rings (SSSR count). The predicted molar refractivity (Wildman–Crippen MR) is 113 cm³/mol. The molecule has 0 aliphatic carbocycles. The van der Waals surface area contributed by atoms with E-state index < -0.39 is 11.6 Å². The van der Waals surface area contributed by atoms with E-state index in [1.165, 1.54) is 4.88 Å².